The summed E-state index contributed by atoms with van der Waals surface area (Å²) >= 11 is 0. The Bertz CT molecular complexity index is 315. The van der Waals surface area contributed by atoms with Crippen LogP contribution in [0.25, 0.3) is 0 Å². The van der Waals surface area contributed by atoms with E-state index in [0.717, 1.165) is 0 Å². The zero-order valence-corrected chi connectivity index (χ0v) is 8.00. The van der Waals surface area contributed by atoms with Gasteiger partial charge in [0.05, 0.1) is 5.69 Å². The molecule has 4 nitrogen and oxygen atoms in total. The van der Waals surface area contributed by atoms with Gasteiger partial charge in [0.25, 0.3) is 0 Å². The maximum Gasteiger partial charge on any atom is 0.373 e. The van der Waals surface area contributed by atoms with Crippen LogP contribution in [-0.2, 0) is 6.42 Å². The van der Waals surface area contributed by atoms with Crippen LogP contribution >= 0.6 is 0 Å². The van der Waals surface area contributed by atoms with Crippen LogP contribution in [0.1, 0.15) is 48.8 Å². The number of aryl methyl sites for hydroxylation is 1. The third-order valence-corrected chi connectivity index (χ3v) is 1.74. The van der Waals surface area contributed by atoms with Crippen molar-refractivity contribution in [3.05, 3.63) is 17.3 Å². The molecule has 0 saturated carbocycles. The van der Waals surface area contributed by atoms with E-state index < -0.39 is 5.97 Å². The highest BCUT2D eigenvalue weighted by Gasteiger charge is 2.19. The molecule has 0 atom stereocenters. The highest BCUT2D eigenvalue weighted by atomic mass is 16.4. The number of hydrogen-bond donors (Lipinski definition) is 1. The predicted octanol–water partition coefficient (Wildman–Crippen LogP) is 2.06. The molecule has 0 bridgehead atoms. The van der Waals surface area contributed by atoms with Crippen molar-refractivity contribution in [2.45, 2.75) is 33.1 Å². The Morgan fingerprint density at radius 1 is 1.62 bits per heavy atom. The first-order valence-electron chi connectivity index (χ1n) is 4.29. The van der Waals surface area contributed by atoms with Crippen LogP contribution in [0.2, 0.25) is 0 Å². The molecule has 0 aliphatic carbocycles. The highest BCUT2D eigenvalue weighted by Crippen LogP contribution is 2.18. The molecule has 0 aromatic carbocycles. The lowest BCUT2D eigenvalue weighted by molar-refractivity contribution is 0.0658. The predicted molar refractivity (Wildman–Crippen MR) is 46.9 cm³/mol. The van der Waals surface area contributed by atoms with Gasteiger partial charge >= 0.3 is 5.97 Å². The third kappa shape index (κ3) is 1.88. The Morgan fingerprint density at radius 3 is 2.54 bits per heavy atom. The van der Waals surface area contributed by atoms with E-state index in [1.807, 2.05) is 20.8 Å². The largest absolute Gasteiger partial charge is 0.475 e. The summed E-state index contributed by atoms with van der Waals surface area (Å²) < 4.78 is 5.12. The van der Waals surface area contributed by atoms with Gasteiger partial charge in [-0.1, -0.05) is 20.8 Å². The molecule has 0 aliphatic heterocycles. The van der Waals surface area contributed by atoms with Crippen LogP contribution < -0.4 is 0 Å². The van der Waals surface area contributed by atoms with Crippen LogP contribution in [-0.4, -0.2) is 16.1 Å². The molecule has 0 spiro atoms. The Labute approximate surface area is 76.6 Å². The average Bonchev–Trinajstić information content (AvgIpc) is 2.47. The Morgan fingerprint density at radius 2 is 2.23 bits per heavy atom. The first-order chi connectivity index (χ1) is 6.06. The zero-order chi connectivity index (χ0) is 10.0. The molecule has 4 heteroatoms. The number of nitrogens with zero attached hydrogens (tertiary/aromatic N) is 1. The maximum absolute atomic E-state index is 10.7. The zero-order valence-electron chi connectivity index (χ0n) is 8.00. The molecule has 0 radical (unpaired) electrons. The van der Waals surface area contributed by atoms with Gasteiger partial charge in [0.15, 0.2) is 5.89 Å². The van der Waals surface area contributed by atoms with Crippen LogP contribution in [0.15, 0.2) is 4.42 Å². The average molecular weight is 183 g/mol. The quantitative estimate of drug-likeness (QED) is 0.779. The summed E-state index contributed by atoms with van der Waals surface area (Å²) in [5.74, 6) is -0.449. The fourth-order valence-corrected chi connectivity index (χ4v) is 1.02. The number of aromatic carboxylic acids is 1. The number of carbonyl (C=O) groups is 1. The molecule has 0 amide bonds. The van der Waals surface area contributed by atoms with Gasteiger partial charge in [0, 0.05) is 5.92 Å². The molecule has 0 unspecified atom stereocenters. The van der Waals surface area contributed by atoms with Crippen LogP contribution in [0.3, 0.4) is 0 Å². The van der Waals surface area contributed by atoms with E-state index in [1.54, 1.807) is 0 Å². The smallest absolute Gasteiger partial charge is 0.373 e. The molecule has 1 rings (SSSR count). The van der Waals surface area contributed by atoms with Crippen molar-refractivity contribution < 1.29 is 14.3 Å². The minimum absolute atomic E-state index is 0.0220. The van der Waals surface area contributed by atoms with E-state index in [-0.39, 0.29) is 11.7 Å². The van der Waals surface area contributed by atoms with Gasteiger partial charge in [-0.05, 0) is 6.42 Å². The second-order valence-corrected chi connectivity index (χ2v) is 3.14. The van der Waals surface area contributed by atoms with E-state index in [4.69, 9.17) is 9.52 Å². The molecular formula is C9H13NO3. The van der Waals surface area contributed by atoms with Gasteiger partial charge < -0.3 is 9.52 Å². The van der Waals surface area contributed by atoms with Gasteiger partial charge in [0.2, 0.25) is 5.76 Å². The number of rotatable bonds is 3. The molecule has 1 N–H and O–H groups in total. The van der Waals surface area contributed by atoms with E-state index in [9.17, 15) is 4.79 Å². The molecular weight excluding hydrogens is 170 g/mol. The van der Waals surface area contributed by atoms with Crippen molar-refractivity contribution in [2.75, 3.05) is 0 Å². The van der Waals surface area contributed by atoms with Gasteiger partial charge in [-0.25, -0.2) is 9.78 Å². The van der Waals surface area contributed by atoms with Crippen LogP contribution in [0, 0.1) is 0 Å². The van der Waals surface area contributed by atoms with Crippen LogP contribution in [0.4, 0.5) is 0 Å². The van der Waals surface area contributed by atoms with E-state index in [2.05, 4.69) is 4.98 Å². The van der Waals surface area contributed by atoms with Crippen molar-refractivity contribution >= 4 is 5.97 Å². The van der Waals surface area contributed by atoms with Crippen molar-refractivity contribution in [1.29, 1.82) is 0 Å². The highest BCUT2D eigenvalue weighted by molar-refractivity contribution is 5.85. The second kappa shape index (κ2) is 3.60. The standard InChI is InChI=1S/C9H13NO3/c1-4-6-7(9(11)12)13-8(10-6)5(2)3/h5H,4H2,1-3H3,(H,11,12). The summed E-state index contributed by atoms with van der Waals surface area (Å²) in [5, 5.41) is 8.76. The fraction of sp³-hybridized carbons (Fsp3) is 0.556. The van der Waals surface area contributed by atoms with Crippen molar-refractivity contribution in [3.63, 3.8) is 0 Å². The molecule has 1 heterocycles. The lowest BCUT2D eigenvalue weighted by Gasteiger charge is -1.94. The van der Waals surface area contributed by atoms with Gasteiger partial charge in [-0.2, -0.15) is 0 Å². The maximum atomic E-state index is 10.7. The number of carboxylic acid groups (broad SMARTS) is 1. The number of hydrogen-bond acceptors (Lipinski definition) is 3. The molecule has 0 saturated heterocycles. The Hall–Kier alpha value is -1.32. The van der Waals surface area contributed by atoms with Gasteiger partial charge in [0.1, 0.15) is 0 Å². The molecule has 0 aliphatic rings. The van der Waals surface area contributed by atoms with E-state index in [0.29, 0.717) is 18.0 Å². The molecule has 0 fully saturated rings. The lowest BCUT2D eigenvalue weighted by Crippen LogP contribution is -1.98. The summed E-state index contributed by atoms with van der Waals surface area (Å²) in [6, 6.07) is 0. The number of oxazole rings is 1. The van der Waals surface area contributed by atoms with Crippen molar-refractivity contribution in [3.8, 4) is 0 Å². The molecule has 72 valence electrons. The molecule has 1 aromatic rings. The minimum atomic E-state index is -1.05. The SMILES string of the molecule is CCc1nc(C(C)C)oc1C(=O)O. The van der Waals surface area contributed by atoms with Crippen LogP contribution in [0.5, 0.6) is 0 Å². The monoisotopic (exact) mass is 183 g/mol. The number of aromatic nitrogens is 1. The van der Waals surface area contributed by atoms with Crippen molar-refractivity contribution in [2.24, 2.45) is 0 Å². The first kappa shape index (κ1) is 9.77. The second-order valence-electron chi connectivity index (χ2n) is 3.14. The van der Waals surface area contributed by atoms with Gasteiger partial charge in [-0.3, -0.25) is 0 Å². The summed E-state index contributed by atoms with van der Waals surface area (Å²) in [7, 11) is 0. The summed E-state index contributed by atoms with van der Waals surface area (Å²) in [6.07, 6.45) is 0.581. The van der Waals surface area contributed by atoms with E-state index in [1.165, 1.54) is 0 Å². The fourth-order valence-electron chi connectivity index (χ4n) is 1.02. The Kier molecular flexibility index (Phi) is 2.70. The topological polar surface area (TPSA) is 63.3 Å². The summed E-state index contributed by atoms with van der Waals surface area (Å²) in [6.45, 7) is 5.68. The summed E-state index contributed by atoms with van der Waals surface area (Å²) in [4.78, 5) is 14.8. The lowest BCUT2D eigenvalue weighted by atomic mass is 10.2. The van der Waals surface area contributed by atoms with Gasteiger partial charge in [-0.15, -0.1) is 0 Å². The summed E-state index contributed by atoms with van der Waals surface area (Å²) in [5.41, 5.74) is 0.524. The number of carboxylic acids is 1. The van der Waals surface area contributed by atoms with E-state index >= 15 is 0 Å². The van der Waals surface area contributed by atoms with Crippen molar-refractivity contribution in [1.82, 2.24) is 4.98 Å². The molecule has 13 heavy (non-hydrogen) atoms. The molecule has 1 aromatic heterocycles. The normalized spacial score (nSPS) is 10.8. The third-order valence-electron chi connectivity index (χ3n) is 1.74. The minimum Gasteiger partial charge on any atom is -0.475 e. The Balaban J connectivity index is 3.11. The first-order valence-corrected chi connectivity index (χ1v) is 4.29.